The number of rotatable bonds is 1. The van der Waals surface area contributed by atoms with Crippen LogP contribution in [-0.4, -0.2) is 30.8 Å². The topological polar surface area (TPSA) is 18.5 Å². The molecule has 4 rings (SSSR count). The molecular formula is C17H19O2S+. The predicted molar refractivity (Wildman–Crippen MR) is 83.2 cm³/mol. The van der Waals surface area contributed by atoms with Crippen LogP contribution in [0.25, 0.3) is 0 Å². The predicted octanol–water partition coefficient (Wildman–Crippen LogP) is 2.71. The van der Waals surface area contributed by atoms with Gasteiger partial charge in [0.25, 0.3) is 0 Å². The van der Waals surface area contributed by atoms with Crippen molar-refractivity contribution in [3.63, 3.8) is 0 Å². The summed E-state index contributed by atoms with van der Waals surface area (Å²) >= 11 is 0. The Balaban J connectivity index is 1.57. The summed E-state index contributed by atoms with van der Waals surface area (Å²) in [6.07, 6.45) is 8.34. The van der Waals surface area contributed by atoms with Crippen molar-refractivity contribution in [2.24, 2.45) is 5.92 Å². The molecule has 0 saturated carbocycles. The minimum Gasteiger partial charge on any atom is -0.485 e. The van der Waals surface area contributed by atoms with Crippen molar-refractivity contribution >= 4 is 10.9 Å². The third kappa shape index (κ3) is 2.29. The third-order valence-electron chi connectivity index (χ3n) is 4.22. The Morgan fingerprint density at radius 1 is 1.10 bits per heavy atom. The second kappa shape index (κ2) is 5.30. The van der Waals surface area contributed by atoms with E-state index in [1.54, 1.807) is 0 Å². The Hall–Kier alpha value is -1.19. The van der Waals surface area contributed by atoms with Crippen molar-refractivity contribution in [1.29, 1.82) is 0 Å². The average Bonchev–Trinajstić information content (AvgIpc) is 2.53. The van der Waals surface area contributed by atoms with Crippen LogP contribution in [0.4, 0.5) is 0 Å². The molecule has 1 saturated heterocycles. The Bertz CT molecular complexity index is 558. The Morgan fingerprint density at radius 2 is 1.95 bits per heavy atom. The van der Waals surface area contributed by atoms with Gasteiger partial charge in [-0.25, -0.2) is 0 Å². The summed E-state index contributed by atoms with van der Waals surface area (Å²) in [6, 6.07) is 8.43. The summed E-state index contributed by atoms with van der Waals surface area (Å²) in [5, 5.41) is 0. The fraction of sp³-hybridized carbons (Fsp3) is 0.412. The zero-order valence-electron chi connectivity index (χ0n) is 11.5. The molecule has 0 radical (unpaired) electrons. The smallest absolute Gasteiger partial charge is 0.151 e. The highest BCUT2D eigenvalue weighted by Gasteiger charge is 2.34. The van der Waals surface area contributed by atoms with Gasteiger partial charge < -0.3 is 9.47 Å². The van der Waals surface area contributed by atoms with E-state index in [0.29, 0.717) is 16.8 Å². The maximum atomic E-state index is 6.12. The molecule has 0 amide bonds. The number of allylic oxidation sites excluding steroid dienone is 1. The molecule has 0 aromatic heterocycles. The van der Waals surface area contributed by atoms with Crippen LogP contribution in [0.3, 0.4) is 0 Å². The first-order chi connectivity index (χ1) is 9.90. The Labute approximate surface area is 122 Å². The maximum absolute atomic E-state index is 6.12. The van der Waals surface area contributed by atoms with Gasteiger partial charge in [-0.15, -0.1) is 0 Å². The number of para-hydroxylation sites is 1. The van der Waals surface area contributed by atoms with E-state index in [2.05, 4.69) is 42.5 Å². The second-order valence-electron chi connectivity index (χ2n) is 5.50. The molecule has 20 heavy (non-hydrogen) atoms. The normalized spacial score (nSPS) is 29.1. The van der Waals surface area contributed by atoms with E-state index in [4.69, 9.17) is 9.47 Å². The summed E-state index contributed by atoms with van der Waals surface area (Å²) in [7, 11) is 0.390. The lowest BCUT2D eigenvalue weighted by Gasteiger charge is -2.32. The SMILES string of the molecule is C1=CC2Oc3ccccc3CC2C=C1[S+]1CCOCC1. The zero-order chi connectivity index (χ0) is 13.4. The molecule has 2 heterocycles. The highest BCUT2D eigenvalue weighted by atomic mass is 32.2. The van der Waals surface area contributed by atoms with Gasteiger partial charge in [-0.1, -0.05) is 18.2 Å². The fourth-order valence-corrected chi connectivity index (χ4v) is 5.09. The van der Waals surface area contributed by atoms with Gasteiger partial charge >= 0.3 is 0 Å². The molecule has 1 fully saturated rings. The Kier molecular flexibility index (Phi) is 3.32. The van der Waals surface area contributed by atoms with Crippen molar-refractivity contribution < 1.29 is 9.47 Å². The molecule has 2 atom stereocenters. The van der Waals surface area contributed by atoms with Gasteiger partial charge in [0.2, 0.25) is 0 Å². The molecule has 1 aromatic rings. The molecule has 2 nitrogen and oxygen atoms in total. The van der Waals surface area contributed by atoms with Crippen LogP contribution < -0.4 is 4.74 Å². The number of fused-ring (bicyclic) bond motifs is 2. The molecule has 0 N–H and O–H groups in total. The van der Waals surface area contributed by atoms with Crippen LogP contribution in [0.15, 0.2) is 47.4 Å². The van der Waals surface area contributed by atoms with E-state index in [1.165, 1.54) is 22.0 Å². The van der Waals surface area contributed by atoms with Gasteiger partial charge in [0.15, 0.2) is 4.91 Å². The molecule has 2 unspecified atom stereocenters. The molecule has 104 valence electrons. The molecule has 3 heteroatoms. The molecular weight excluding hydrogens is 268 g/mol. The highest BCUT2D eigenvalue weighted by Crippen LogP contribution is 2.35. The lowest BCUT2D eigenvalue weighted by molar-refractivity contribution is 0.159. The van der Waals surface area contributed by atoms with Crippen LogP contribution in [0.1, 0.15) is 5.56 Å². The van der Waals surface area contributed by atoms with E-state index >= 15 is 0 Å². The van der Waals surface area contributed by atoms with Crippen LogP contribution in [-0.2, 0) is 22.1 Å². The highest BCUT2D eigenvalue weighted by molar-refractivity contribution is 8.00. The molecule has 0 bridgehead atoms. The summed E-state index contributed by atoms with van der Waals surface area (Å²) in [6.45, 7) is 1.84. The van der Waals surface area contributed by atoms with Gasteiger partial charge in [0.05, 0.1) is 13.2 Å². The van der Waals surface area contributed by atoms with Crippen LogP contribution in [0, 0.1) is 5.92 Å². The molecule has 1 aromatic carbocycles. The summed E-state index contributed by atoms with van der Waals surface area (Å²) in [4.78, 5) is 1.53. The largest absolute Gasteiger partial charge is 0.485 e. The van der Waals surface area contributed by atoms with Crippen molar-refractivity contribution in [2.75, 3.05) is 24.7 Å². The van der Waals surface area contributed by atoms with Gasteiger partial charge in [0.1, 0.15) is 23.4 Å². The minimum atomic E-state index is 0.221. The number of ether oxygens (including phenoxy) is 2. The summed E-state index contributed by atoms with van der Waals surface area (Å²) < 4.78 is 11.6. The van der Waals surface area contributed by atoms with E-state index in [-0.39, 0.29) is 6.10 Å². The van der Waals surface area contributed by atoms with Crippen LogP contribution in [0.5, 0.6) is 5.75 Å². The monoisotopic (exact) mass is 287 g/mol. The molecule has 3 aliphatic rings. The molecule has 0 spiro atoms. The maximum Gasteiger partial charge on any atom is 0.151 e. The first-order valence-corrected chi connectivity index (χ1v) is 8.86. The van der Waals surface area contributed by atoms with Crippen LogP contribution in [0.2, 0.25) is 0 Å². The quantitative estimate of drug-likeness (QED) is 0.739. The Morgan fingerprint density at radius 3 is 2.85 bits per heavy atom. The minimum absolute atomic E-state index is 0.221. The van der Waals surface area contributed by atoms with E-state index in [1.807, 2.05) is 0 Å². The van der Waals surface area contributed by atoms with Gasteiger partial charge in [-0.2, -0.15) is 0 Å². The lowest BCUT2D eigenvalue weighted by atomic mass is 9.88. The third-order valence-corrected chi connectivity index (χ3v) is 6.48. The van der Waals surface area contributed by atoms with E-state index < -0.39 is 0 Å². The van der Waals surface area contributed by atoms with E-state index in [9.17, 15) is 0 Å². The van der Waals surface area contributed by atoms with E-state index in [0.717, 1.165) is 25.4 Å². The van der Waals surface area contributed by atoms with Crippen molar-refractivity contribution in [3.8, 4) is 5.75 Å². The number of hydrogen-bond donors (Lipinski definition) is 0. The summed E-state index contributed by atoms with van der Waals surface area (Å²) in [5.74, 6) is 3.93. The number of benzene rings is 1. The summed E-state index contributed by atoms with van der Waals surface area (Å²) in [5.41, 5.74) is 1.34. The van der Waals surface area contributed by atoms with Crippen LogP contribution >= 0.6 is 0 Å². The molecule has 1 aliphatic carbocycles. The first kappa shape index (κ1) is 12.5. The van der Waals surface area contributed by atoms with Crippen molar-refractivity contribution in [3.05, 3.63) is 53.0 Å². The molecule has 2 aliphatic heterocycles. The van der Waals surface area contributed by atoms with Gasteiger partial charge in [0, 0.05) is 16.8 Å². The fourth-order valence-electron chi connectivity index (χ4n) is 3.13. The second-order valence-corrected chi connectivity index (χ2v) is 7.77. The average molecular weight is 287 g/mol. The number of hydrogen-bond acceptors (Lipinski definition) is 2. The van der Waals surface area contributed by atoms with Crippen molar-refractivity contribution in [1.82, 2.24) is 0 Å². The van der Waals surface area contributed by atoms with Gasteiger partial charge in [-0.05, 0) is 36.3 Å². The first-order valence-electron chi connectivity index (χ1n) is 7.30. The lowest BCUT2D eigenvalue weighted by Crippen LogP contribution is -2.34. The van der Waals surface area contributed by atoms with Crippen molar-refractivity contribution in [2.45, 2.75) is 12.5 Å². The standard InChI is InChI=1S/C17H19O2S/c1-2-4-16-13(3-1)11-14-12-15(5-6-17(14)19-16)20-9-7-18-8-10-20/h1-6,12,14,17H,7-11H2/q+1. The van der Waals surface area contributed by atoms with Gasteiger partial charge in [-0.3, -0.25) is 0 Å². The zero-order valence-corrected chi connectivity index (χ0v) is 12.3.